The predicted molar refractivity (Wildman–Crippen MR) is 85.1 cm³/mol. The molecule has 1 aromatic carbocycles. The van der Waals surface area contributed by atoms with E-state index in [2.05, 4.69) is 6.92 Å². The number of para-hydroxylation sites is 1. The van der Waals surface area contributed by atoms with Gasteiger partial charge < -0.3 is 14.4 Å². The molecule has 0 aliphatic carbocycles. The van der Waals surface area contributed by atoms with Gasteiger partial charge in [-0.25, -0.2) is 0 Å². The second kappa shape index (κ2) is 9.82. The van der Waals surface area contributed by atoms with Crippen LogP contribution in [0, 0.1) is 0 Å². The van der Waals surface area contributed by atoms with Gasteiger partial charge in [0.15, 0.2) is 0 Å². The van der Waals surface area contributed by atoms with Crippen molar-refractivity contribution in [3.05, 3.63) is 29.8 Å². The molecular weight excluding hydrogens is 282 g/mol. The minimum Gasteiger partial charge on any atom is -0.493 e. The van der Waals surface area contributed by atoms with Crippen molar-refractivity contribution in [3.8, 4) is 5.75 Å². The number of rotatable bonds is 9. The van der Waals surface area contributed by atoms with E-state index >= 15 is 0 Å². The van der Waals surface area contributed by atoms with Crippen molar-refractivity contribution in [1.82, 2.24) is 4.90 Å². The van der Waals surface area contributed by atoms with Gasteiger partial charge in [0, 0.05) is 7.05 Å². The van der Waals surface area contributed by atoms with Gasteiger partial charge in [0.25, 0.3) is 5.91 Å². The standard InChI is InChI=1S/C17H25NO4/c1-4-6-9-12-22-15-11-8-7-10-14(15)17(20)18(3)13-16(19)21-5-2/h7-8,10-11H,4-6,9,12-13H2,1-3H3. The predicted octanol–water partition coefficient (Wildman–Crippen LogP) is 2.89. The van der Waals surface area contributed by atoms with Gasteiger partial charge >= 0.3 is 5.97 Å². The lowest BCUT2D eigenvalue weighted by molar-refractivity contribution is -0.143. The van der Waals surface area contributed by atoms with Crippen LogP contribution in [-0.2, 0) is 9.53 Å². The number of carbonyl (C=O) groups excluding carboxylic acids is 2. The van der Waals surface area contributed by atoms with Gasteiger partial charge in [0.1, 0.15) is 12.3 Å². The molecule has 0 saturated heterocycles. The van der Waals surface area contributed by atoms with Crippen molar-refractivity contribution in [2.45, 2.75) is 33.1 Å². The largest absolute Gasteiger partial charge is 0.493 e. The first-order chi connectivity index (χ1) is 10.6. The summed E-state index contributed by atoms with van der Waals surface area (Å²) < 4.78 is 10.6. The van der Waals surface area contributed by atoms with Gasteiger partial charge in [0.2, 0.25) is 0 Å². The molecule has 0 spiro atoms. The molecule has 0 aromatic heterocycles. The monoisotopic (exact) mass is 307 g/mol. The van der Waals surface area contributed by atoms with E-state index in [1.165, 1.54) is 4.90 Å². The van der Waals surface area contributed by atoms with E-state index in [9.17, 15) is 9.59 Å². The van der Waals surface area contributed by atoms with Crippen LogP contribution in [0.15, 0.2) is 24.3 Å². The number of amides is 1. The molecule has 0 saturated carbocycles. The van der Waals surface area contributed by atoms with Crippen LogP contribution < -0.4 is 4.74 Å². The highest BCUT2D eigenvalue weighted by Gasteiger charge is 2.19. The van der Waals surface area contributed by atoms with Crippen LogP contribution in [0.3, 0.4) is 0 Å². The number of nitrogens with zero attached hydrogens (tertiary/aromatic N) is 1. The highest BCUT2D eigenvalue weighted by Crippen LogP contribution is 2.20. The number of esters is 1. The third-order valence-electron chi connectivity index (χ3n) is 3.14. The fourth-order valence-corrected chi connectivity index (χ4v) is 1.98. The third-order valence-corrected chi connectivity index (χ3v) is 3.14. The van der Waals surface area contributed by atoms with Crippen LogP contribution in [0.5, 0.6) is 5.75 Å². The minimum atomic E-state index is -0.417. The molecule has 0 fully saturated rings. The lowest BCUT2D eigenvalue weighted by Crippen LogP contribution is -2.33. The highest BCUT2D eigenvalue weighted by atomic mass is 16.5. The van der Waals surface area contributed by atoms with Gasteiger partial charge in [-0.2, -0.15) is 0 Å². The molecule has 122 valence electrons. The summed E-state index contributed by atoms with van der Waals surface area (Å²) in [6.07, 6.45) is 3.17. The second-order valence-corrected chi connectivity index (χ2v) is 5.02. The van der Waals surface area contributed by atoms with Gasteiger partial charge in [-0.15, -0.1) is 0 Å². The van der Waals surface area contributed by atoms with Crippen LogP contribution in [0.1, 0.15) is 43.5 Å². The molecule has 5 heteroatoms. The molecule has 5 nitrogen and oxygen atoms in total. The topological polar surface area (TPSA) is 55.8 Å². The van der Waals surface area contributed by atoms with E-state index in [0.717, 1.165) is 19.3 Å². The molecule has 0 unspecified atom stereocenters. The van der Waals surface area contributed by atoms with E-state index in [1.807, 2.05) is 6.07 Å². The maximum absolute atomic E-state index is 12.4. The zero-order valence-electron chi connectivity index (χ0n) is 13.6. The van der Waals surface area contributed by atoms with E-state index in [4.69, 9.17) is 9.47 Å². The molecule has 0 heterocycles. The average molecular weight is 307 g/mol. The van der Waals surface area contributed by atoms with Crippen molar-refractivity contribution in [2.24, 2.45) is 0 Å². The Kier molecular flexibility index (Phi) is 8.04. The van der Waals surface area contributed by atoms with Crippen molar-refractivity contribution in [3.63, 3.8) is 0 Å². The normalized spacial score (nSPS) is 10.1. The Morgan fingerprint density at radius 2 is 1.86 bits per heavy atom. The number of likely N-dealkylation sites (N-methyl/N-ethyl adjacent to an activating group) is 1. The fourth-order valence-electron chi connectivity index (χ4n) is 1.98. The minimum absolute atomic E-state index is 0.0726. The smallest absolute Gasteiger partial charge is 0.325 e. The summed E-state index contributed by atoms with van der Waals surface area (Å²) >= 11 is 0. The fraction of sp³-hybridized carbons (Fsp3) is 0.529. The molecular formula is C17H25NO4. The molecule has 1 aromatic rings. The Hall–Kier alpha value is -2.04. The van der Waals surface area contributed by atoms with Crippen LogP contribution >= 0.6 is 0 Å². The Balaban J connectivity index is 2.69. The van der Waals surface area contributed by atoms with E-state index < -0.39 is 5.97 Å². The molecule has 1 amide bonds. The molecule has 0 aliphatic heterocycles. The van der Waals surface area contributed by atoms with Gasteiger partial charge in [-0.05, 0) is 25.5 Å². The van der Waals surface area contributed by atoms with Gasteiger partial charge in [-0.3, -0.25) is 9.59 Å². The summed E-state index contributed by atoms with van der Waals surface area (Å²) in [7, 11) is 1.58. The summed E-state index contributed by atoms with van der Waals surface area (Å²) in [6.45, 7) is 4.68. The quantitative estimate of drug-likeness (QED) is 0.520. The summed E-state index contributed by atoms with van der Waals surface area (Å²) in [6, 6.07) is 7.10. The number of unbranched alkanes of at least 4 members (excludes halogenated alkanes) is 2. The van der Waals surface area contributed by atoms with E-state index in [0.29, 0.717) is 24.5 Å². The van der Waals surface area contributed by atoms with Crippen molar-refractivity contribution in [2.75, 3.05) is 26.8 Å². The highest BCUT2D eigenvalue weighted by molar-refractivity contribution is 5.98. The molecule has 0 N–H and O–H groups in total. The molecule has 0 aliphatic rings. The van der Waals surface area contributed by atoms with Gasteiger partial charge in [-0.1, -0.05) is 31.9 Å². The summed E-state index contributed by atoms with van der Waals surface area (Å²) in [5, 5.41) is 0. The summed E-state index contributed by atoms with van der Waals surface area (Å²) in [4.78, 5) is 25.2. The van der Waals surface area contributed by atoms with Crippen LogP contribution in [0.2, 0.25) is 0 Å². The molecule has 0 bridgehead atoms. The van der Waals surface area contributed by atoms with Crippen LogP contribution in [0.25, 0.3) is 0 Å². The Bertz CT molecular complexity index is 487. The SMILES string of the molecule is CCCCCOc1ccccc1C(=O)N(C)CC(=O)OCC. The average Bonchev–Trinajstić information content (AvgIpc) is 2.51. The third kappa shape index (κ3) is 5.76. The lowest BCUT2D eigenvalue weighted by atomic mass is 10.1. The Morgan fingerprint density at radius 3 is 2.55 bits per heavy atom. The first kappa shape index (κ1) is 18.0. The summed E-state index contributed by atoms with van der Waals surface area (Å²) in [5.74, 6) is -0.113. The lowest BCUT2D eigenvalue weighted by Gasteiger charge is -2.18. The van der Waals surface area contributed by atoms with Crippen LogP contribution in [-0.4, -0.2) is 43.6 Å². The number of carbonyl (C=O) groups is 2. The van der Waals surface area contributed by atoms with E-state index in [1.54, 1.807) is 32.2 Å². The molecule has 0 atom stereocenters. The van der Waals surface area contributed by atoms with Gasteiger partial charge in [0.05, 0.1) is 18.8 Å². The first-order valence-electron chi connectivity index (χ1n) is 7.73. The number of ether oxygens (including phenoxy) is 2. The number of benzene rings is 1. The summed E-state index contributed by atoms with van der Waals surface area (Å²) in [5.41, 5.74) is 0.464. The Morgan fingerprint density at radius 1 is 1.14 bits per heavy atom. The van der Waals surface area contributed by atoms with Crippen molar-refractivity contribution >= 4 is 11.9 Å². The number of hydrogen-bond donors (Lipinski definition) is 0. The zero-order valence-corrected chi connectivity index (χ0v) is 13.6. The first-order valence-corrected chi connectivity index (χ1v) is 7.73. The number of hydrogen-bond acceptors (Lipinski definition) is 4. The molecule has 1 rings (SSSR count). The molecule has 0 radical (unpaired) electrons. The van der Waals surface area contributed by atoms with Crippen molar-refractivity contribution < 1.29 is 19.1 Å². The Labute approximate surface area is 132 Å². The maximum Gasteiger partial charge on any atom is 0.325 e. The zero-order chi connectivity index (χ0) is 16.4. The van der Waals surface area contributed by atoms with Crippen molar-refractivity contribution in [1.29, 1.82) is 0 Å². The van der Waals surface area contributed by atoms with Crippen LogP contribution in [0.4, 0.5) is 0 Å². The molecule has 22 heavy (non-hydrogen) atoms. The van der Waals surface area contributed by atoms with E-state index in [-0.39, 0.29) is 12.5 Å². The maximum atomic E-state index is 12.4. The second-order valence-electron chi connectivity index (χ2n) is 5.02.